The van der Waals surface area contributed by atoms with Crippen LogP contribution in [0.3, 0.4) is 0 Å². The highest BCUT2D eigenvalue weighted by molar-refractivity contribution is 6.03. The number of carboxylic acid groups (broad SMARTS) is 1. The molecule has 1 aliphatic carbocycles. The number of nitrogens with zero attached hydrogens (tertiary/aromatic N) is 1. The standard InChI is InChI=1S/C16H25NO4/c1-3-7-15(2,14(20)21)17-12(18)10-16(11-13(17)19)8-5-4-6-9-16/h3-11H2,1-2H3,(H,20,21). The summed E-state index contributed by atoms with van der Waals surface area (Å²) in [6.07, 6.45) is 6.67. The lowest BCUT2D eigenvalue weighted by molar-refractivity contribution is -0.172. The number of carboxylic acids is 1. The minimum atomic E-state index is -1.40. The molecule has 1 spiro atoms. The van der Waals surface area contributed by atoms with Crippen LogP contribution in [0.2, 0.25) is 0 Å². The zero-order valence-corrected chi connectivity index (χ0v) is 13.0. The fourth-order valence-corrected chi connectivity index (χ4v) is 4.01. The molecule has 2 amide bonds. The highest BCUT2D eigenvalue weighted by Gasteiger charge is 2.52. The van der Waals surface area contributed by atoms with Crippen molar-refractivity contribution in [3.05, 3.63) is 0 Å². The fraction of sp³-hybridized carbons (Fsp3) is 0.812. The van der Waals surface area contributed by atoms with Gasteiger partial charge in [0.2, 0.25) is 11.8 Å². The summed E-state index contributed by atoms with van der Waals surface area (Å²) in [5.74, 6) is -1.69. The average molecular weight is 295 g/mol. The molecule has 0 aromatic carbocycles. The van der Waals surface area contributed by atoms with Crippen LogP contribution in [-0.4, -0.2) is 33.3 Å². The lowest BCUT2D eigenvalue weighted by atomic mass is 9.67. The molecule has 21 heavy (non-hydrogen) atoms. The third-order valence-electron chi connectivity index (χ3n) is 5.16. The van der Waals surface area contributed by atoms with Gasteiger partial charge in [-0.05, 0) is 31.6 Å². The van der Waals surface area contributed by atoms with Crippen molar-refractivity contribution in [1.82, 2.24) is 4.90 Å². The maximum absolute atomic E-state index is 12.5. The zero-order chi connectivity index (χ0) is 15.7. The van der Waals surface area contributed by atoms with Crippen LogP contribution in [0.25, 0.3) is 0 Å². The van der Waals surface area contributed by atoms with Crippen molar-refractivity contribution in [2.24, 2.45) is 5.41 Å². The highest BCUT2D eigenvalue weighted by atomic mass is 16.4. The van der Waals surface area contributed by atoms with Gasteiger partial charge in [-0.1, -0.05) is 32.6 Å². The average Bonchev–Trinajstić information content (AvgIpc) is 2.38. The molecule has 1 atom stereocenters. The Bertz CT molecular complexity index is 433. The maximum atomic E-state index is 12.5. The molecular formula is C16H25NO4. The molecule has 1 aliphatic heterocycles. The quantitative estimate of drug-likeness (QED) is 0.809. The summed E-state index contributed by atoms with van der Waals surface area (Å²) in [7, 11) is 0. The molecule has 1 saturated carbocycles. The van der Waals surface area contributed by atoms with E-state index in [9.17, 15) is 19.5 Å². The van der Waals surface area contributed by atoms with Crippen LogP contribution in [0.1, 0.15) is 71.6 Å². The van der Waals surface area contributed by atoms with Crippen molar-refractivity contribution >= 4 is 17.8 Å². The Morgan fingerprint density at radius 3 is 2.14 bits per heavy atom. The van der Waals surface area contributed by atoms with Gasteiger partial charge >= 0.3 is 5.97 Å². The molecule has 2 fully saturated rings. The van der Waals surface area contributed by atoms with Gasteiger partial charge in [-0.25, -0.2) is 4.79 Å². The lowest BCUT2D eigenvalue weighted by Crippen LogP contribution is -2.61. The Morgan fingerprint density at radius 2 is 1.71 bits per heavy atom. The van der Waals surface area contributed by atoms with E-state index in [0.717, 1.165) is 37.0 Å². The van der Waals surface area contributed by atoms with Crippen LogP contribution in [0.5, 0.6) is 0 Å². The summed E-state index contributed by atoms with van der Waals surface area (Å²) in [5.41, 5.74) is -1.60. The smallest absolute Gasteiger partial charge is 0.329 e. The van der Waals surface area contributed by atoms with Crippen molar-refractivity contribution in [3.63, 3.8) is 0 Å². The first-order valence-electron chi connectivity index (χ1n) is 7.94. The van der Waals surface area contributed by atoms with E-state index in [4.69, 9.17) is 0 Å². The van der Waals surface area contributed by atoms with Crippen LogP contribution in [0.15, 0.2) is 0 Å². The normalized spacial score (nSPS) is 25.0. The van der Waals surface area contributed by atoms with Gasteiger partial charge in [0, 0.05) is 12.8 Å². The Morgan fingerprint density at radius 1 is 1.19 bits per heavy atom. The topological polar surface area (TPSA) is 74.7 Å². The third-order valence-corrected chi connectivity index (χ3v) is 5.16. The molecule has 5 nitrogen and oxygen atoms in total. The van der Waals surface area contributed by atoms with Gasteiger partial charge in [-0.3, -0.25) is 14.5 Å². The predicted molar refractivity (Wildman–Crippen MR) is 77.6 cm³/mol. The van der Waals surface area contributed by atoms with E-state index >= 15 is 0 Å². The molecule has 2 aliphatic rings. The van der Waals surface area contributed by atoms with Crippen molar-refractivity contribution < 1.29 is 19.5 Å². The summed E-state index contributed by atoms with van der Waals surface area (Å²) >= 11 is 0. The van der Waals surface area contributed by atoms with E-state index in [2.05, 4.69) is 0 Å². The minimum Gasteiger partial charge on any atom is -0.479 e. The summed E-state index contributed by atoms with van der Waals surface area (Å²) in [4.78, 5) is 37.8. The van der Waals surface area contributed by atoms with E-state index < -0.39 is 11.5 Å². The Kier molecular flexibility index (Phi) is 4.40. The van der Waals surface area contributed by atoms with Crippen LogP contribution in [-0.2, 0) is 14.4 Å². The molecule has 2 rings (SSSR count). The lowest BCUT2D eigenvalue weighted by Gasteiger charge is -2.46. The van der Waals surface area contributed by atoms with Gasteiger partial charge in [0.1, 0.15) is 5.54 Å². The van der Waals surface area contributed by atoms with Gasteiger partial charge in [-0.15, -0.1) is 0 Å². The first-order chi connectivity index (χ1) is 9.84. The SMILES string of the molecule is CCCC(C)(C(=O)O)N1C(=O)CC2(CCCCC2)CC1=O. The number of rotatable bonds is 4. The zero-order valence-electron chi connectivity index (χ0n) is 13.0. The Hall–Kier alpha value is -1.39. The van der Waals surface area contributed by atoms with Crippen LogP contribution in [0, 0.1) is 5.41 Å². The van der Waals surface area contributed by atoms with Crippen LogP contribution >= 0.6 is 0 Å². The Balaban J connectivity index is 2.25. The third kappa shape index (κ3) is 2.83. The molecule has 0 aromatic rings. The highest BCUT2D eigenvalue weighted by Crippen LogP contribution is 2.46. The second kappa shape index (κ2) is 5.78. The molecule has 1 saturated heterocycles. The monoisotopic (exact) mass is 295 g/mol. The van der Waals surface area contributed by atoms with Crippen molar-refractivity contribution in [2.45, 2.75) is 77.2 Å². The van der Waals surface area contributed by atoms with E-state index in [0.29, 0.717) is 25.7 Å². The number of carbonyl (C=O) groups is 3. The van der Waals surface area contributed by atoms with Crippen molar-refractivity contribution in [3.8, 4) is 0 Å². The fourth-order valence-electron chi connectivity index (χ4n) is 4.01. The van der Waals surface area contributed by atoms with Crippen LogP contribution in [0.4, 0.5) is 0 Å². The number of amides is 2. The van der Waals surface area contributed by atoms with Crippen molar-refractivity contribution in [1.29, 1.82) is 0 Å². The molecule has 0 bridgehead atoms. The first-order valence-corrected chi connectivity index (χ1v) is 7.94. The predicted octanol–water partition coefficient (Wildman–Crippen LogP) is 2.73. The van der Waals surface area contributed by atoms with Gasteiger partial charge < -0.3 is 5.11 Å². The number of imide groups is 1. The molecule has 5 heteroatoms. The van der Waals surface area contributed by atoms with E-state index in [-0.39, 0.29) is 17.2 Å². The minimum absolute atomic E-state index is 0.200. The summed E-state index contributed by atoms with van der Waals surface area (Å²) in [6.45, 7) is 3.36. The number of hydrogen-bond acceptors (Lipinski definition) is 3. The number of hydrogen-bond donors (Lipinski definition) is 1. The van der Waals surface area contributed by atoms with E-state index in [1.165, 1.54) is 6.92 Å². The van der Waals surface area contributed by atoms with Crippen molar-refractivity contribution in [2.75, 3.05) is 0 Å². The molecule has 1 heterocycles. The van der Waals surface area contributed by atoms with Gasteiger partial charge in [0.15, 0.2) is 0 Å². The molecule has 1 N–H and O–H groups in total. The maximum Gasteiger partial charge on any atom is 0.329 e. The number of likely N-dealkylation sites (tertiary alicyclic amines) is 1. The molecule has 0 aromatic heterocycles. The van der Waals surface area contributed by atoms with Gasteiger partial charge in [0.05, 0.1) is 0 Å². The molecule has 1 unspecified atom stereocenters. The number of piperidine rings is 1. The molecular weight excluding hydrogens is 270 g/mol. The summed E-state index contributed by atoms with van der Waals surface area (Å²) in [6, 6.07) is 0. The Labute approximate surface area is 125 Å². The second-order valence-corrected chi connectivity index (χ2v) is 6.87. The van der Waals surface area contributed by atoms with Gasteiger partial charge in [-0.2, -0.15) is 0 Å². The molecule has 118 valence electrons. The number of carbonyl (C=O) groups excluding carboxylic acids is 2. The summed E-state index contributed by atoms with van der Waals surface area (Å²) < 4.78 is 0. The van der Waals surface area contributed by atoms with Crippen LogP contribution < -0.4 is 0 Å². The second-order valence-electron chi connectivity index (χ2n) is 6.87. The first kappa shape index (κ1) is 16.0. The largest absolute Gasteiger partial charge is 0.479 e. The number of aliphatic carboxylic acids is 1. The van der Waals surface area contributed by atoms with E-state index in [1.54, 1.807) is 0 Å². The summed E-state index contributed by atoms with van der Waals surface area (Å²) in [5, 5.41) is 9.51. The van der Waals surface area contributed by atoms with Gasteiger partial charge in [0.25, 0.3) is 0 Å². The van der Waals surface area contributed by atoms with E-state index in [1.807, 2.05) is 6.92 Å². The molecule has 0 radical (unpaired) electrons.